The van der Waals surface area contributed by atoms with Gasteiger partial charge >= 0.3 is 0 Å². The zero-order chi connectivity index (χ0) is 36.6. The van der Waals surface area contributed by atoms with Crippen molar-refractivity contribution < 1.29 is 0 Å². The lowest BCUT2D eigenvalue weighted by Gasteiger charge is -2.16. The Morgan fingerprint density at radius 1 is 0.436 bits per heavy atom. The van der Waals surface area contributed by atoms with Crippen LogP contribution in [0.3, 0.4) is 0 Å². The number of nitrogens with zero attached hydrogens (tertiary/aromatic N) is 5. The molecule has 0 spiro atoms. The minimum absolute atomic E-state index is 0.599. The summed E-state index contributed by atoms with van der Waals surface area (Å²) >= 11 is 0. The second-order valence-electron chi connectivity index (χ2n) is 13.9. The van der Waals surface area contributed by atoms with E-state index >= 15 is 0 Å². The summed E-state index contributed by atoms with van der Waals surface area (Å²) in [5, 5.41) is 17.4. The summed E-state index contributed by atoms with van der Waals surface area (Å²) < 4.78 is 6.99. The normalized spacial score (nSPS) is 11.6. The maximum Gasteiger partial charge on any atom is 0.188 e. The molecule has 5 heteroatoms. The molecule has 3 aromatic heterocycles. The van der Waals surface area contributed by atoms with Gasteiger partial charge in [-0.1, -0.05) is 103 Å². The van der Waals surface area contributed by atoms with Crippen molar-refractivity contribution in [3.63, 3.8) is 0 Å². The molecule has 0 aliphatic heterocycles. The summed E-state index contributed by atoms with van der Waals surface area (Å²) in [6, 6.07) is 63.7. The third kappa shape index (κ3) is 4.39. The topological polar surface area (TPSA) is 42.9 Å². The summed E-state index contributed by atoms with van der Waals surface area (Å²) in [5.74, 6) is 0. The van der Waals surface area contributed by atoms with Crippen LogP contribution in [0.4, 0.5) is 5.69 Å². The molecule has 55 heavy (non-hydrogen) atoms. The standard InChI is InChI=1S/C50H29N5/c1-52-34-26-29-45-40(30-34)38-15-4-8-19-43(38)55(45)46-21-10-12-33(31-51)49(46)32-24-27-35(28-25-32)53-44-20-9-5-16-39(44)50-47(53)22-11-23-48(50)54-41-17-6-2-13-36(41)37-14-3-7-18-42(37)54/h2-30H. The lowest BCUT2D eigenvalue weighted by molar-refractivity contribution is 1.16. The number of aromatic nitrogens is 3. The lowest BCUT2D eigenvalue weighted by Crippen LogP contribution is -2.00. The van der Waals surface area contributed by atoms with Crippen LogP contribution in [0.15, 0.2) is 176 Å². The molecule has 5 nitrogen and oxygen atoms in total. The van der Waals surface area contributed by atoms with Gasteiger partial charge in [-0.15, -0.1) is 0 Å². The molecule has 0 fully saturated rings. The number of benzene rings is 8. The van der Waals surface area contributed by atoms with Crippen molar-refractivity contribution in [2.45, 2.75) is 0 Å². The Balaban J connectivity index is 1.12. The van der Waals surface area contributed by atoms with E-state index in [0.717, 1.165) is 61.0 Å². The van der Waals surface area contributed by atoms with E-state index in [2.05, 4.69) is 158 Å². The van der Waals surface area contributed by atoms with E-state index in [1.54, 1.807) is 0 Å². The van der Waals surface area contributed by atoms with Crippen LogP contribution in [0.2, 0.25) is 0 Å². The molecule has 0 radical (unpaired) electrons. The molecular weight excluding hydrogens is 671 g/mol. The van der Waals surface area contributed by atoms with Gasteiger partial charge in [0.25, 0.3) is 0 Å². The first-order valence-corrected chi connectivity index (χ1v) is 18.3. The Morgan fingerprint density at radius 3 is 1.58 bits per heavy atom. The van der Waals surface area contributed by atoms with Crippen molar-refractivity contribution in [1.29, 1.82) is 5.26 Å². The minimum atomic E-state index is 0.599. The highest BCUT2D eigenvalue weighted by Crippen LogP contribution is 2.42. The third-order valence-corrected chi connectivity index (χ3v) is 11.1. The van der Waals surface area contributed by atoms with Gasteiger partial charge in [-0.25, -0.2) is 4.85 Å². The highest BCUT2D eigenvalue weighted by molar-refractivity contribution is 6.16. The molecule has 0 saturated carbocycles. The van der Waals surface area contributed by atoms with Crippen molar-refractivity contribution in [3.8, 4) is 34.3 Å². The summed E-state index contributed by atoms with van der Waals surface area (Å²) in [6.45, 7) is 7.64. The molecule has 0 aliphatic rings. The molecule has 0 atom stereocenters. The first-order valence-electron chi connectivity index (χ1n) is 18.3. The van der Waals surface area contributed by atoms with Gasteiger partial charge in [0, 0.05) is 38.2 Å². The van der Waals surface area contributed by atoms with Crippen molar-refractivity contribution in [2.24, 2.45) is 0 Å². The fourth-order valence-corrected chi connectivity index (χ4v) is 8.84. The maximum absolute atomic E-state index is 10.5. The molecule has 0 amide bonds. The molecule has 254 valence electrons. The number of hydrogen-bond acceptors (Lipinski definition) is 1. The SMILES string of the molecule is [C-]#[N+]c1ccc2c(c1)c1ccccc1n2-c1cccc(C#N)c1-c1ccc(-n2c3ccccc3c3c(-n4c5ccccc5c5ccccc54)cccc32)cc1. The van der Waals surface area contributed by atoms with Crippen LogP contribution < -0.4 is 0 Å². The van der Waals surface area contributed by atoms with Gasteiger partial charge < -0.3 is 13.7 Å². The largest absolute Gasteiger partial charge is 0.309 e. The first-order chi connectivity index (χ1) is 27.2. The van der Waals surface area contributed by atoms with E-state index in [0.29, 0.717) is 11.3 Å². The van der Waals surface area contributed by atoms with Crippen molar-refractivity contribution >= 4 is 71.1 Å². The van der Waals surface area contributed by atoms with Crippen LogP contribution >= 0.6 is 0 Å². The molecule has 0 aliphatic carbocycles. The lowest BCUT2D eigenvalue weighted by atomic mass is 9.97. The Morgan fingerprint density at radius 2 is 0.945 bits per heavy atom. The van der Waals surface area contributed by atoms with E-state index in [1.807, 2.05) is 42.5 Å². The maximum atomic E-state index is 10.5. The number of hydrogen-bond donors (Lipinski definition) is 0. The van der Waals surface area contributed by atoms with Gasteiger partial charge in [-0.2, -0.15) is 5.26 Å². The zero-order valence-electron chi connectivity index (χ0n) is 29.5. The molecular formula is C50H29N5. The second-order valence-corrected chi connectivity index (χ2v) is 13.9. The summed E-state index contributed by atoms with van der Waals surface area (Å²) in [7, 11) is 0. The molecule has 3 heterocycles. The minimum Gasteiger partial charge on any atom is -0.309 e. The average Bonchev–Trinajstić information content (AvgIpc) is 3.89. The molecule has 0 saturated heterocycles. The number of nitriles is 1. The Hall–Kier alpha value is -7.86. The highest BCUT2D eigenvalue weighted by Gasteiger charge is 2.21. The van der Waals surface area contributed by atoms with E-state index < -0.39 is 0 Å². The smallest absolute Gasteiger partial charge is 0.188 e. The van der Waals surface area contributed by atoms with E-state index in [9.17, 15) is 5.26 Å². The Kier molecular flexibility index (Phi) is 6.61. The summed E-state index contributed by atoms with van der Waals surface area (Å²) in [6.07, 6.45) is 0. The molecule has 11 rings (SSSR count). The fourth-order valence-electron chi connectivity index (χ4n) is 8.84. The van der Waals surface area contributed by atoms with Crippen molar-refractivity contribution in [2.75, 3.05) is 0 Å². The highest BCUT2D eigenvalue weighted by atomic mass is 15.0. The molecule has 11 aromatic rings. The van der Waals surface area contributed by atoms with Gasteiger partial charge in [-0.3, -0.25) is 0 Å². The fraction of sp³-hybridized carbons (Fsp3) is 0. The van der Waals surface area contributed by atoms with Crippen molar-refractivity contribution in [3.05, 3.63) is 193 Å². The molecule has 8 aromatic carbocycles. The van der Waals surface area contributed by atoms with Gasteiger partial charge in [0.1, 0.15) is 0 Å². The number of rotatable bonds is 4. The predicted octanol–water partition coefficient (Wildman–Crippen LogP) is 13.1. The zero-order valence-corrected chi connectivity index (χ0v) is 29.5. The average molecular weight is 700 g/mol. The Bertz CT molecular complexity index is 3400. The van der Waals surface area contributed by atoms with Crippen LogP contribution in [0.1, 0.15) is 5.56 Å². The third-order valence-electron chi connectivity index (χ3n) is 11.1. The van der Waals surface area contributed by atoms with Crippen LogP contribution in [-0.4, -0.2) is 13.7 Å². The van der Waals surface area contributed by atoms with Gasteiger partial charge in [-0.05, 0) is 83.7 Å². The Labute approximate surface area is 316 Å². The van der Waals surface area contributed by atoms with Gasteiger partial charge in [0.05, 0.1) is 62.7 Å². The number of fused-ring (bicyclic) bond motifs is 9. The van der Waals surface area contributed by atoms with E-state index in [-0.39, 0.29) is 0 Å². The van der Waals surface area contributed by atoms with Crippen LogP contribution in [0.5, 0.6) is 0 Å². The number of para-hydroxylation sites is 4. The second kappa shape index (κ2) is 11.8. The van der Waals surface area contributed by atoms with Crippen LogP contribution in [0, 0.1) is 17.9 Å². The summed E-state index contributed by atoms with van der Waals surface area (Å²) in [4.78, 5) is 3.71. The van der Waals surface area contributed by atoms with Gasteiger partial charge in [0.15, 0.2) is 5.69 Å². The van der Waals surface area contributed by atoms with E-state index in [4.69, 9.17) is 6.57 Å². The van der Waals surface area contributed by atoms with Crippen LogP contribution in [0.25, 0.3) is 98.5 Å². The van der Waals surface area contributed by atoms with E-state index in [1.165, 1.54) is 32.6 Å². The first kappa shape index (κ1) is 30.7. The van der Waals surface area contributed by atoms with Crippen molar-refractivity contribution in [1.82, 2.24) is 13.7 Å². The monoisotopic (exact) mass is 699 g/mol. The molecule has 0 N–H and O–H groups in total. The molecule has 0 bridgehead atoms. The quantitative estimate of drug-likeness (QED) is 0.169. The van der Waals surface area contributed by atoms with Gasteiger partial charge in [0.2, 0.25) is 0 Å². The van der Waals surface area contributed by atoms with Crippen LogP contribution in [-0.2, 0) is 0 Å². The molecule has 0 unspecified atom stereocenters. The summed E-state index contributed by atoms with van der Waals surface area (Å²) in [5.41, 5.74) is 12.7. The predicted molar refractivity (Wildman–Crippen MR) is 226 cm³/mol.